The first-order valence-corrected chi connectivity index (χ1v) is 9.63. The number of thiophene rings is 1. The van der Waals surface area contributed by atoms with Crippen LogP contribution in [0.2, 0.25) is 10.0 Å². The minimum absolute atomic E-state index is 0.0487. The molecule has 3 rings (SSSR count). The van der Waals surface area contributed by atoms with E-state index in [4.69, 9.17) is 37.4 Å². The Kier molecular flexibility index (Phi) is 6.27. The van der Waals surface area contributed by atoms with Gasteiger partial charge in [0.05, 0.1) is 22.0 Å². The molecular weight excluding hydrogens is 410 g/mol. The Morgan fingerprint density at radius 2 is 1.85 bits per heavy atom. The van der Waals surface area contributed by atoms with E-state index in [9.17, 15) is 4.39 Å². The maximum Gasteiger partial charge on any atom is 0.188 e. The van der Waals surface area contributed by atoms with Crippen molar-refractivity contribution in [3.63, 3.8) is 0 Å². The molecule has 3 nitrogen and oxygen atoms in total. The molecule has 142 valence electrons. The molecule has 0 aliphatic rings. The van der Waals surface area contributed by atoms with Gasteiger partial charge in [0.1, 0.15) is 5.75 Å². The van der Waals surface area contributed by atoms with E-state index in [0.29, 0.717) is 15.8 Å². The fraction of sp³-hybridized carbons (Fsp3) is 0.200. The van der Waals surface area contributed by atoms with Crippen LogP contribution in [0.25, 0.3) is 21.6 Å². The highest BCUT2D eigenvalue weighted by Gasteiger charge is 2.21. The molecule has 0 saturated heterocycles. The zero-order valence-corrected chi connectivity index (χ0v) is 17.3. The lowest BCUT2D eigenvalue weighted by atomic mass is 9.94. The zero-order chi connectivity index (χ0) is 19.6. The number of hydrogen-bond donors (Lipinski definition) is 0. The minimum atomic E-state index is -0.468. The highest BCUT2D eigenvalue weighted by molar-refractivity contribution is 7.14. The third-order valence-electron chi connectivity index (χ3n) is 4.10. The average molecular weight is 427 g/mol. The van der Waals surface area contributed by atoms with Crippen LogP contribution < -0.4 is 9.47 Å². The van der Waals surface area contributed by atoms with E-state index in [-0.39, 0.29) is 12.5 Å². The lowest BCUT2D eigenvalue weighted by molar-refractivity contribution is 0.0483. The van der Waals surface area contributed by atoms with E-state index >= 15 is 0 Å². The molecule has 0 fully saturated rings. The maximum atomic E-state index is 14.1. The summed E-state index contributed by atoms with van der Waals surface area (Å²) in [5, 5.41) is 3.05. The van der Waals surface area contributed by atoms with Gasteiger partial charge in [-0.25, -0.2) is 4.39 Å². The lowest BCUT2D eigenvalue weighted by Gasteiger charge is -2.17. The predicted octanol–water partition coefficient (Wildman–Crippen LogP) is 6.83. The third kappa shape index (κ3) is 3.92. The minimum Gasteiger partial charge on any atom is -0.495 e. The molecule has 0 spiro atoms. The Labute approximate surface area is 171 Å². The molecule has 3 aromatic rings. The van der Waals surface area contributed by atoms with Gasteiger partial charge in [0, 0.05) is 12.7 Å². The third-order valence-corrected chi connectivity index (χ3v) is 5.93. The quantitative estimate of drug-likeness (QED) is 0.404. The Bertz CT molecular complexity index is 972. The number of rotatable bonds is 6. The lowest BCUT2D eigenvalue weighted by Crippen LogP contribution is -2.01. The summed E-state index contributed by atoms with van der Waals surface area (Å²) in [5.74, 6) is 0.164. The summed E-state index contributed by atoms with van der Waals surface area (Å²) in [6.45, 7) is 1.86. The van der Waals surface area contributed by atoms with E-state index in [1.54, 1.807) is 19.2 Å². The van der Waals surface area contributed by atoms with Gasteiger partial charge >= 0.3 is 0 Å². The first-order chi connectivity index (χ1) is 13.0. The van der Waals surface area contributed by atoms with E-state index < -0.39 is 5.82 Å². The summed E-state index contributed by atoms with van der Waals surface area (Å²) >= 11 is 14.4. The average Bonchev–Trinajstić information content (AvgIpc) is 3.08. The molecule has 1 heterocycles. The normalized spacial score (nSPS) is 10.9. The van der Waals surface area contributed by atoms with Gasteiger partial charge < -0.3 is 14.2 Å². The van der Waals surface area contributed by atoms with Gasteiger partial charge in [-0.05, 0) is 53.3 Å². The van der Waals surface area contributed by atoms with Gasteiger partial charge in [-0.1, -0.05) is 29.3 Å². The van der Waals surface area contributed by atoms with Crippen LogP contribution in [0.5, 0.6) is 11.5 Å². The Morgan fingerprint density at radius 1 is 1.07 bits per heavy atom. The second kappa shape index (κ2) is 8.48. The van der Waals surface area contributed by atoms with Crippen LogP contribution in [-0.4, -0.2) is 21.0 Å². The molecule has 7 heteroatoms. The highest BCUT2D eigenvalue weighted by atomic mass is 35.5. The van der Waals surface area contributed by atoms with E-state index in [2.05, 4.69) is 0 Å². The molecule has 0 saturated carbocycles. The van der Waals surface area contributed by atoms with Crippen LogP contribution in [-0.2, 0) is 4.74 Å². The van der Waals surface area contributed by atoms with Crippen LogP contribution in [0.15, 0.2) is 35.7 Å². The van der Waals surface area contributed by atoms with Crippen molar-refractivity contribution in [2.45, 2.75) is 6.92 Å². The molecular formula is C20H17Cl2FO3S. The molecule has 1 aromatic heterocycles. The number of ether oxygens (including phenoxy) is 3. The standard InChI is InChI=1S/C20H17Cl2FO3S/c1-11-18(20-14(21)6-7-27-20)13(9-17(25-3)19(11)22)12-4-5-15(23)16(8-12)26-10-24-2/h4-9H,10H2,1-3H3. The Hall–Kier alpha value is -1.79. The van der Waals surface area contributed by atoms with Crippen molar-refractivity contribution in [1.29, 1.82) is 0 Å². The highest BCUT2D eigenvalue weighted by Crippen LogP contribution is 2.47. The predicted molar refractivity (Wildman–Crippen MR) is 109 cm³/mol. The number of hydrogen-bond acceptors (Lipinski definition) is 4. The van der Waals surface area contributed by atoms with Crippen molar-refractivity contribution in [3.8, 4) is 33.1 Å². The first-order valence-electron chi connectivity index (χ1n) is 8.00. The van der Waals surface area contributed by atoms with E-state index in [0.717, 1.165) is 27.1 Å². The van der Waals surface area contributed by atoms with Crippen molar-refractivity contribution < 1.29 is 18.6 Å². The molecule has 0 amide bonds. The van der Waals surface area contributed by atoms with Gasteiger partial charge in [-0.3, -0.25) is 0 Å². The molecule has 0 atom stereocenters. The van der Waals surface area contributed by atoms with Gasteiger partial charge in [0.2, 0.25) is 0 Å². The number of methoxy groups -OCH3 is 2. The largest absolute Gasteiger partial charge is 0.495 e. The van der Waals surface area contributed by atoms with Gasteiger partial charge in [0.25, 0.3) is 0 Å². The number of halogens is 3. The van der Waals surface area contributed by atoms with Crippen LogP contribution in [0, 0.1) is 12.7 Å². The second-order valence-corrected chi connectivity index (χ2v) is 7.44. The Morgan fingerprint density at radius 3 is 2.48 bits per heavy atom. The monoisotopic (exact) mass is 426 g/mol. The summed E-state index contributed by atoms with van der Waals surface area (Å²) in [4.78, 5) is 0.886. The molecule has 0 bridgehead atoms. The molecule has 0 N–H and O–H groups in total. The summed E-state index contributed by atoms with van der Waals surface area (Å²) in [6, 6.07) is 8.33. The van der Waals surface area contributed by atoms with Crippen LogP contribution in [0.3, 0.4) is 0 Å². The summed E-state index contributed by atoms with van der Waals surface area (Å²) in [6.07, 6.45) is 0. The van der Waals surface area contributed by atoms with E-state index in [1.165, 1.54) is 24.5 Å². The van der Waals surface area contributed by atoms with Crippen LogP contribution >= 0.6 is 34.5 Å². The fourth-order valence-corrected chi connectivity index (χ4v) is 4.30. The molecule has 0 unspecified atom stereocenters. The fourth-order valence-electron chi connectivity index (χ4n) is 2.81. The molecule has 0 radical (unpaired) electrons. The van der Waals surface area contributed by atoms with Gasteiger partial charge in [0.15, 0.2) is 18.4 Å². The van der Waals surface area contributed by atoms with Crippen LogP contribution in [0.4, 0.5) is 4.39 Å². The molecule has 0 aliphatic heterocycles. The van der Waals surface area contributed by atoms with E-state index in [1.807, 2.05) is 24.4 Å². The van der Waals surface area contributed by atoms with Crippen molar-refractivity contribution in [2.24, 2.45) is 0 Å². The van der Waals surface area contributed by atoms with Gasteiger partial charge in [-0.15, -0.1) is 11.3 Å². The molecule has 27 heavy (non-hydrogen) atoms. The Balaban J connectivity index is 2.26. The van der Waals surface area contributed by atoms with Crippen molar-refractivity contribution in [3.05, 3.63) is 57.1 Å². The summed E-state index contributed by atoms with van der Waals surface area (Å²) < 4.78 is 29.7. The van der Waals surface area contributed by atoms with Crippen molar-refractivity contribution >= 4 is 34.5 Å². The van der Waals surface area contributed by atoms with Crippen molar-refractivity contribution in [2.75, 3.05) is 21.0 Å². The molecule has 2 aromatic carbocycles. The maximum absolute atomic E-state index is 14.1. The smallest absolute Gasteiger partial charge is 0.188 e. The summed E-state index contributed by atoms with van der Waals surface area (Å²) in [5.41, 5.74) is 3.28. The molecule has 0 aliphatic carbocycles. The first kappa shape index (κ1) is 20.0. The van der Waals surface area contributed by atoms with Gasteiger partial charge in [-0.2, -0.15) is 0 Å². The SMILES string of the molecule is COCOc1cc(-c2cc(OC)c(Cl)c(C)c2-c2sccc2Cl)ccc1F. The number of benzene rings is 2. The van der Waals surface area contributed by atoms with Crippen molar-refractivity contribution in [1.82, 2.24) is 0 Å². The second-order valence-electron chi connectivity index (χ2n) is 5.73. The zero-order valence-electron chi connectivity index (χ0n) is 14.9. The van der Waals surface area contributed by atoms with Crippen LogP contribution in [0.1, 0.15) is 5.56 Å². The topological polar surface area (TPSA) is 27.7 Å². The summed E-state index contributed by atoms with van der Waals surface area (Å²) in [7, 11) is 3.03.